The van der Waals surface area contributed by atoms with Crippen molar-refractivity contribution in [1.82, 2.24) is 10.6 Å². The topological polar surface area (TPSA) is 65.9 Å². The molecule has 2 atom stereocenters. The van der Waals surface area contributed by atoms with Gasteiger partial charge in [-0.1, -0.05) is 30.3 Å². The van der Waals surface area contributed by atoms with E-state index in [0.29, 0.717) is 18.1 Å². The molecule has 7 heteroatoms. The van der Waals surface area contributed by atoms with Crippen LogP contribution in [0.3, 0.4) is 0 Å². The van der Waals surface area contributed by atoms with E-state index in [1.165, 1.54) is 12.1 Å². The standard InChI is InChI=1S/C19H22FN3O2.HI/c1-21-19(22-12-17(24)13-5-4-6-14(20)11-13)23-16-9-10-25-18-8-3-2-7-15(16)18;/h2-8,11,16-17,24H,9-10,12H2,1H3,(H2,21,22,23);1H. The molecule has 0 aromatic heterocycles. The molecule has 0 spiro atoms. The Morgan fingerprint density at radius 1 is 1.31 bits per heavy atom. The minimum atomic E-state index is -0.823. The van der Waals surface area contributed by atoms with E-state index in [1.807, 2.05) is 24.3 Å². The third-order valence-electron chi connectivity index (χ3n) is 4.19. The fraction of sp³-hybridized carbons (Fsp3) is 0.316. The van der Waals surface area contributed by atoms with Crippen LogP contribution in [-0.4, -0.2) is 31.3 Å². The molecule has 0 saturated carbocycles. The number of hydrogen-bond acceptors (Lipinski definition) is 3. The first-order valence-corrected chi connectivity index (χ1v) is 8.30. The highest BCUT2D eigenvalue weighted by Gasteiger charge is 2.22. The van der Waals surface area contributed by atoms with Crippen LogP contribution in [0.1, 0.15) is 29.7 Å². The number of fused-ring (bicyclic) bond motifs is 1. The average molecular weight is 471 g/mol. The molecule has 3 N–H and O–H groups in total. The summed E-state index contributed by atoms with van der Waals surface area (Å²) in [5.74, 6) is 1.09. The maximum Gasteiger partial charge on any atom is 0.191 e. The Bertz CT molecular complexity index is 757. The SMILES string of the molecule is CN=C(NCC(O)c1cccc(F)c1)NC1CCOc2ccccc21.I. The molecule has 2 aromatic rings. The average Bonchev–Trinajstić information content (AvgIpc) is 2.65. The van der Waals surface area contributed by atoms with Crippen LogP contribution < -0.4 is 15.4 Å². The van der Waals surface area contributed by atoms with E-state index in [2.05, 4.69) is 15.6 Å². The number of rotatable bonds is 4. The number of hydrogen-bond donors (Lipinski definition) is 3. The van der Waals surface area contributed by atoms with Crippen molar-refractivity contribution in [2.75, 3.05) is 20.2 Å². The Balaban J connectivity index is 0.00000243. The highest BCUT2D eigenvalue weighted by atomic mass is 127. The molecule has 0 bridgehead atoms. The summed E-state index contributed by atoms with van der Waals surface area (Å²) in [6.07, 6.45) is 0.000635. The van der Waals surface area contributed by atoms with Gasteiger partial charge in [-0.2, -0.15) is 0 Å². The monoisotopic (exact) mass is 471 g/mol. The van der Waals surface area contributed by atoms with Crippen LogP contribution in [0.2, 0.25) is 0 Å². The van der Waals surface area contributed by atoms with Crippen LogP contribution in [0.15, 0.2) is 53.5 Å². The number of aliphatic imine (C=N–C) groups is 1. The van der Waals surface area contributed by atoms with Crippen LogP contribution in [-0.2, 0) is 0 Å². The molecule has 0 fully saturated rings. The molecule has 5 nitrogen and oxygen atoms in total. The van der Waals surface area contributed by atoms with E-state index in [9.17, 15) is 9.50 Å². The molecule has 3 rings (SSSR count). The van der Waals surface area contributed by atoms with Crippen LogP contribution >= 0.6 is 24.0 Å². The van der Waals surface area contributed by atoms with Crippen molar-refractivity contribution in [2.45, 2.75) is 18.6 Å². The largest absolute Gasteiger partial charge is 0.493 e. The van der Waals surface area contributed by atoms with Gasteiger partial charge in [0.05, 0.1) is 18.8 Å². The van der Waals surface area contributed by atoms with E-state index in [1.54, 1.807) is 19.2 Å². The van der Waals surface area contributed by atoms with Gasteiger partial charge in [0, 0.05) is 25.6 Å². The van der Waals surface area contributed by atoms with E-state index in [-0.39, 0.29) is 42.4 Å². The third kappa shape index (κ3) is 5.07. The van der Waals surface area contributed by atoms with Crippen LogP contribution in [0.5, 0.6) is 5.75 Å². The summed E-state index contributed by atoms with van der Waals surface area (Å²) in [5.41, 5.74) is 1.61. The van der Waals surface area contributed by atoms with Crippen LogP contribution in [0, 0.1) is 5.82 Å². The molecule has 0 aliphatic carbocycles. The highest BCUT2D eigenvalue weighted by Crippen LogP contribution is 2.31. The quantitative estimate of drug-likeness (QED) is 0.364. The molecule has 26 heavy (non-hydrogen) atoms. The lowest BCUT2D eigenvalue weighted by Gasteiger charge is -2.28. The molecule has 0 amide bonds. The highest BCUT2D eigenvalue weighted by molar-refractivity contribution is 14.0. The summed E-state index contributed by atoms with van der Waals surface area (Å²) in [6, 6.07) is 14.0. The van der Waals surface area contributed by atoms with E-state index in [4.69, 9.17) is 4.74 Å². The lowest BCUT2D eigenvalue weighted by Crippen LogP contribution is -2.42. The molecule has 0 saturated heterocycles. The van der Waals surface area contributed by atoms with Crippen molar-refractivity contribution in [3.05, 3.63) is 65.5 Å². The van der Waals surface area contributed by atoms with Gasteiger partial charge in [0.2, 0.25) is 0 Å². The summed E-state index contributed by atoms with van der Waals surface area (Å²) in [5, 5.41) is 16.7. The van der Waals surface area contributed by atoms with Gasteiger partial charge in [-0.3, -0.25) is 4.99 Å². The fourth-order valence-corrected chi connectivity index (χ4v) is 2.88. The number of aliphatic hydroxyl groups excluding tert-OH is 1. The zero-order valence-corrected chi connectivity index (χ0v) is 16.8. The van der Waals surface area contributed by atoms with E-state index in [0.717, 1.165) is 17.7 Å². The fourth-order valence-electron chi connectivity index (χ4n) is 2.88. The summed E-state index contributed by atoms with van der Waals surface area (Å²) >= 11 is 0. The number of benzene rings is 2. The van der Waals surface area contributed by atoms with Crippen molar-refractivity contribution in [3.8, 4) is 5.75 Å². The van der Waals surface area contributed by atoms with Gasteiger partial charge in [0.15, 0.2) is 5.96 Å². The predicted molar refractivity (Wildman–Crippen MR) is 111 cm³/mol. The molecule has 1 aliphatic rings. The number of halogens is 2. The molecule has 140 valence electrons. The molecular weight excluding hydrogens is 448 g/mol. The molecule has 1 heterocycles. The first-order chi connectivity index (χ1) is 12.2. The maximum absolute atomic E-state index is 13.3. The van der Waals surface area contributed by atoms with Crippen molar-refractivity contribution in [2.24, 2.45) is 4.99 Å². The zero-order valence-electron chi connectivity index (χ0n) is 14.5. The third-order valence-corrected chi connectivity index (χ3v) is 4.19. The minimum Gasteiger partial charge on any atom is -0.493 e. The lowest BCUT2D eigenvalue weighted by atomic mass is 10.0. The van der Waals surface area contributed by atoms with Gasteiger partial charge < -0.3 is 20.5 Å². The van der Waals surface area contributed by atoms with E-state index < -0.39 is 6.10 Å². The summed E-state index contributed by atoms with van der Waals surface area (Å²) in [4.78, 5) is 4.21. The smallest absolute Gasteiger partial charge is 0.191 e. The van der Waals surface area contributed by atoms with Gasteiger partial charge in [0.25, 0.3) is 0 Å². The predicted octanol–water partition coefficient (Wildman–Crippen LogP) is 3.17. The summed E-state index contributed by atoms with van der Waals surface area (Å²) in [6.45, 7) is 0.867. The first-order valence-electron chi connectivity index (χ1n) is 8.30. The number of guanidine groups is 1. The normalized spacial score (nSPS) is 17.3. The lowest BCUT2D eigenvalue weighted by molar-refractivity contribution is 0.180. The van der Waals surface area contributed by atoms with Crippen molar-refractivity contribution in [3.63, 3.8) is 0 Å². The van der Waals surface area contributed by atoms with E-state index >= 15 is 0 Å². The van der Waals surface area contributed by atoms with Gasteiger partial charge >= 0.3 is 0 Å². The number of aliphatic hydroxyl groups is 1. The Morgan fingerprint density at radius 2 is 2.12 bits per heavy atom. The number of nitrogens with zero attached hydrogens (tertiary/aromatic N) is 1. The first kappa shape index (κ1) is 20.4. The van der Waals surface area contributed by atoms with Crippen molar-refractivity contribution in [1.29, 1.82) is 0 Å². The summed E-state index contributed by atoms with van der Waals surface area (Å²) < 4.78 is 18.9. The number of nitrogens with one attached hydrogen (secondary N) is 2. The Hall–Kier alpha value is -1.87. The molecule has 2 unspecified atom stereocenters. The minimum absolute atomic E-state index is 0. The Labute approximate surface area is 169 Å². The number of ether oxygens (including phenoxy) is 1. The van der Waals surface area contributed by atoms with Gasteiger partial charge in [-0.15, -0.1) is 24.0 Å². The molecule has 0 radical (unpaired) electrons. The molecule has 1 aliphatic heterocycles. The Kier molecular flexibility index (Phi) is 7.65. The number of para-hydroxylation sites is 1. The second kappa shape index (κ2) is 9.72. The Morgan fingerprint density at radius 3 is 2.88 bits per heavy atom. The van der Waals surface area contributed by atoms with Crippen LogP contribution in [0.25, 0.3) is 0 Å². The van der Waals surface area contributed by atoms with Crippen LogP contribution in [0.4, 0.5) is 4.39 Å². The molecule has 2 aromatic carbocycles. The van der Waals surface area contributed by atoms with Crippen molar-refractivity contribution < 1.29 is 14.2 Å². The van der Waals surface area contributed by atoms with Gasteiger partial charge in [-0.05, 0) is 23.8 Å². The van der Waals surface area contributed by atoms with Gasteiger partial charge in [0.1, 0.15) is 11.6 Å². The summed E-state index contributed by atoms with van der Waals surface area (Å²) in [7, 11) is 1.68. The zero-order chi connectivity index (χ0) is 17.6. The molecular formula is C19H23FIN3O2. The second-order valence-corrected chi connectivity index (χ2v) is 5.90. The van der Waals surface area contributed by atoms with Gasteiger partial charge in [-0.25, -0.2) is 4.39 Å². The second-order valence-electron chi connectivity index (χ2n) is 5.90. The van der Waals surface area contributed by atoms with Crippen molar-refractivity contribution >= 4 is 29.9 Å². The maximum atomic E-state index is 13.3.